The van der Waals surface area contributed by atoms with Gasteiger partial charge in [-0.2, -0.15) is 5.10 Å². The van der Waals surface area contributed by atoms with Crippen molar-refractivity contribution >= 4 is 28.2 Å². The zero-order valence-electron chi connectivity index (χ0n) is 12.0. The first kappa shape index (κ1) is 13.9. The fraction of sp³-hybridized carbons (Fsp3) is 0.250. The topological polar surface area (TPSA) is 42.7 Å². The number of halogens is 1. The summed E-state index contributed by atoms with van der Waals surface area (Å²) in [4.78, 5) is 4.42. The molecule has 0 aliphatic carbocycles. The Bertz CT molecular complexity index is 764. The predicted octanol–water partition coefficient (Wildman–Crippen LogP) is 4.28. The third kappa shape index (κ3) is 2.85. The lowest BCUT2D eigenvalue weighted by atomic mass is 10.2. The minimum Gasteiger partial charge on any atom is -0.379 e. The summed E-state index contributed by atoms with van der Waals surface area (Å²) in [6.45, 7) is 4.93. The van der Waals surface area contributed by atoms with Crippen LogP contribution in [0.15, 0.2) is 42.9 Å². The largest absolute Gasteiger partial charge is 0.379 e. The van der Waals surface area contributed by atoms with E-state index in [1.54, 1.807) is 6.20 Å². The third-order valence-corrected chi connectivity index (χ3v) is 3.71. The molecule has 0 aliphatic rings. The highest BCUT2D eigenvalue weighted by molar-refractivity contribution is 6.35. The van der Waals surface area contributed by atoms with Gasteiger partial charge in [0.2, 0.25) is 0 Å². The molecule has 1 N–H and O–H groups in total. The number of fused-ring (bicyclic) bond motifs is 1. The van der Waals surface area contributed by atoms with Crippen LogP contribution in [0.25, 0.3) is 10.9 Å². The summed E-state index contributed by atoms with van der Waals surface area (Å²) in [5.74, 6) is 0. The maximum absolute atomic E-state index is 6.20. The van der Waals surface area contributed by atoms with Crippen LogP contribution in [0, 0.1) is 0 Å². The van der Waals surface area contributed by atoms with E-state index in [1.807, 2.05) is 35.1 Å². The Hall–Kier alpha value is -2.07. The molecule has 2 aromatic heterocycles. The van der Waals surface area contributed by atoms with Crippen LogP contribution < -0.4 is 5.32 Å². The van der Waals surface area contributed by atoms with E-state index < -0.39 is 0 Å². The van der Waals surface area contributed by atoms with Crippen molar-refractivity contribution in [1.29, 1.82) is 0 Å². The molecule has 3 aromatic rings. The van der Waals surface area contributed by atoms with Gasteiger partial charge < -0.3 is 5.32 Å². The zero-order chi connectivity index (χ0) is 14.8. The minimum atomic E-state index is 0.372. The highest BCUT2D eigenvalue weighted by Gasteiger charge is 2.06. The third-order valence-electron chi connectivity index (χ3n) is 3.38. The molecule has 0 spiro atoms. The van der Waals surface area contributed by atoms with Crippen molar-refractivity contribution in [3.8, 4) is 0 Å². The normalized spacial score (nSPS) is 11.2. The van der Waals surface area contributed by atoms with Gasteiger partial charge in [-0.15, -0.1) is 0 Å². The molecular formula is C16H17ClN4. The Labute approximate surface area is 128 Å². The number of pyridine rings is 1. The molecule has 108 valence electrons. The van der Waals surface area contributed by atoms with Gasteiger partial charge in [-0.1, -0.05) is 11.6 Å². The molecule has 21 heavy (non-hydrogen) atoms. The molecule has 0 aliphatic heterocycles. The molecule has 0 saturated carbocycles. The number of anilines is 1. The molecular weight excluding hydrogens is 284 g/mol. The van der Waals surface area contributed by atoms with Crippen LogP contribution in [0.4, 0.5) is 5.69 Å². The predicted molar refractivity (Wildman–Crippen MR) is 86.7 cm³/mol. The monoisotopic (exact) mass is 300 g/mol. The van der Waals surface area contributed by atoms with E-state index in [-0.39, 0.29) is 0 Å². The summed E-state index contributed by atoms with van der Waals surface area (Å²) < 4.78 is 1.95. The first-order chi connectivity index (χ1) is 10.1. The zero-order valence-corrected chi connectivity index (χ0v) is 12.8. The Kier molecular flexibility index (Phi) is 3.80. The van der Waals surface area contributed by atoms with Crippen LogP contribution >= 0.6 is 11.6 Å². The van der Waals surface area contributed by atoms with E-state index in [4.69, 9.17) is 11.6 Å². The van der Waals surface area contributed by atoms with Gasteiger partial charge in [-0.05, 0) is 38.1 Å². The summed E-state index contributed by atoms with van der Waals surface area (Å²) in [6, 6.07) is 8.10. The second kappa shape index (κ2) is 5.74. The van der Waals surface area contributed by atoms with Gasteiger partial charge in [0.25, 0.3) is 0 Å². The van der Waals surface area contributed by atoms with Crippen molar-refractivity contribution < 1.29 is 0 Å². The smallest absolute Gasteiger partial charge is 0.0948 e. The second-order valence-electron chi connectivity index (χ2n) is 5.27. The van der Waals surface area contributed by atoms with Crippen LogP contribution in [0.5, 0.6) is 0 Å². The van der Waals surface area contributed by atoms with Crippen molar-refractivity contribution in [1.82, 2.24) is 14.8 Å². The summed E-state index contributed by atoms with van der Waals surface area (Å²) in [5.41, 5.74) is 3.01. The number of hydrogen-bond donors (Lipinski definition) is 1. The van der Waals surface area contributed by atoms with E-state index in [2.05, 4.69) is 35.4 Å². The van der Waals surface area contributed by atoms with Crippen LogP contribution in [-0.4, -0.2) is 14.8 Å². The van der Waals surface area contributed by atoms with Gasteiger partial charge in [0.15, 0.2) is 0 Å². The standard InChI is InChI=1S/C16H17ClN4/c1-11(2)21-10-12(9-20-21)8-19-15-6-5-14(17)13-4-3-7-18-16(13)15/h3-7,9-11,19H,8H2,1-2H3. The number of hydrogen-bond acceptors (Lipinski definition) is 3. The van der Waals surface area contributed by atoms with Crippen molar-refractivity contribution in [2.24, 2.45) is 0 Å². The molecule has 0 fully saturated rings. The Morgan fingerprint density at radius 2 is 2.14 bits per heavy atom. The summed E-state index contributed by atoms with van der Waals surface area (Å²) in [7, 11) is 0. The Balaban J connectivity index is 1.83. The average Bonchev–Trinajstić information content (AvgIpc) is 2.96. The number of benzene rings is 1. The minimum absolute atomic E-state index is 0.372. The lowest BCUT2D eigenvalue weighted by Gasteiger charge is -2.09. The fourth-order valence-electron chi connectivity index (χ4n) is 2.23. The Morgan fingerprint density at radius 3 is 2.90 bits per heavy atom. The highest BCUT2D eigenvalue weighted by atomic mass is 35.5. The molecule has 0 amide bonds. The van der Waals surface area contributed by atoms with E-state index in [0.29, 0.717) is 12.6 Å². The summed E-state index contributed by atoms with van der Waals surface area (Å²) in [5, 5.41) is 9.43. The highest BCUT2D eigenvalue weighted by Crippen LogP contribution is 2.28. The molecule has 4 nitrogen and oxygen atoms in total. The van der Waals surface area contributed by atoms with Gasteiger partial charge >= 0.3 is 0 Å². The molecule has 5 heteroatoms. The van der Waals surface area contributed by atoms with Gasteiger partial charge in [-0.3, -0.25) is 9.67 Å². The SMILES string of the molecule is CC(C)n1cc(CNc2ccc(Cl)c3cccnc23)cn1. The van der Waals surface area contributed by atoms with Gasteiger partial charge in [0.05, 0.1) is 22.4 Å². The van der Waals surface area contributed by atoms with Crippen LogP contribution in [0.2, 0.25) is 5.02 Å². The quantitative estimate of drug-likeness (QED) is 0.782. The van der Waals surface area contributed by atoms with Gasteiger partial charge in [0, 0.05) is 35.9 Å². The first-order valence-corrected chi connectivity index (χ1v) is 7.33. The number of rotatable bonds is 4. The van der Waals surface area contributed by atoms with E-state index in [0.717, 1.165) is 27.2 Å². The molecule has 0 atom stereocenters. The first-order valence-electron chi connectivity index (χ1n) is 6.95. The maximum atomic E-state index is 6.20. The van der Waals surface area contributed by atoms with Gasteiger partial charge in [-0.25, -0.2) is 0 Å². The number of nitrogens with zero attached hydrogens (tertiary/aromatic N) is 3. The molecule has 0 saturated heterocycles. The fourth-order valence-corrected chi connectivity index (χ4v) is 2.44. The van der Waals surface area contributed by atoms with Crippen molar-refractivity contribution in [2.75, 3.05) is 5.32 Å². The summed E-state index contributed by atoms with van der Waals surface area (Å²) in [6.07, 6.45) is 5.72. The van der Waals surface area contributed by atoms with E-state index >= 15 is 0 Å². The lowest BCUT2D eigenvalue weighted by Crippen LogP contribution is -2.01. The molecule has 1 aromatic carbocycles. The lowest BCUT2D eigenvalue weighted by molar-refractivity contribution is 0.532. The van der Waals surface area contributed by atoms with E-state index in [9.17, 15) is 0 Å². The molecule has 0 radical (unpaired) electrons. The molecule has 0 unspecified atom stereocenters. The summed E-state index contributed by atoms with van der Waals surface area (Å²) >= 11 is 6.20. The van der Waals surface area contributed by atoms with Crippen molar-refractivity contribution in [3.63, 3.8) is 0 Å². The van der Waals surface area contributed by atoms with Crippen molar-refractivity contribution in [2.45, 2.75) is 26.4 Å². The van der Waals surface area contributed by atoms with Crippen LogP contribution in [-0.2, 0) is 6.54 Å². The second-order valence-corrected chi connectivity index (χ2v) is 5.68. The van der Waals surface area contributed by atoms with Crippen molar-refractivity contribution in [3.05, 3.63) is 53.4 Å². The van der Waals surface area contributed by atoms with Crippen LogP contribution in [0.3, 0.4) is 0 Å². The molecule has 2 heterocycles. The average molecular weight is 301 g/mol. The van der Waals surface area contributed by atoms with Gasteiger partial charge in [0.1, 0.15) is 0 Å². The number of nitrogens with one attached hydrogen (secondary N) is 1. The van der Waals surface area contributed by atoms with Crippen LogP contribution in [0.1, 0.15) is 25.5 Å². The maximum Gasteiger partial charge on any atom is 0.0948 e. The van der Waals surface area contributed by atoms with E-state index in [1.165, 1.54) is 0 Å². The number of aromatic nitrogens is 3. The molecule has 3 rings (SSSR count). The molecule has 0 bridgehead atoms. The Morgan fingerprint density at radius 1 is 1.29 bits per heavy atom.